The minimum atomic E-state index is -1.25. The highest BCUT2D eigenvalue weighted by atomic mass is 16.4. The fourth-order valence-electron chi connectivity index (χ4n) is 5.18. The molecule has 3 heteroatoms. The van der Waals surface area contributed by atoms with Gasteiger partial charge >= 0.3 is 5.97 Å². The maximum absolute atomic E-state index is 12.9. The second-order valence-corrected chi connectivity index (χ2v) is 9.75. The Morgan fingerprint density at radius 2 is 1.51 bits per heavy atom. The number of allylic oxidation sites excluding steroid dienone is 3. The van der Waals surface area contributed by atoms with Gasteiger partial charge in [-0.15, -0.1) is 0 Å². The van der Waals surface area contributed by atoms with Crippen molar-refractivity contribution in [2.24, 2.45) is 0 Å². The maximum Gasteiger partial charge on any atom is 0.318 e. The van der Waals surface area contributed by atoms with Crippen molar-refractivity contribution in [3.63, 3.8) is 0 Å². The second-order valence-electron chi connectivity index (χ2n) is 9.75. The first-order valence-electron chi connectivity index (χ1n) is 13.3. The van der Waals surface area contributed by atoms with Gasteiger partial charge in [-0.3, -0.25) is 4.79 Å². The number of aliphatic carboxylic acids is 1. The normalized spacial score (nSPS) is 18.9. The summed E-state index contributed by atoms with van der Waals surface area (Å²) >= 11 is 0. The molecule has 2 aromatic rings. The minimum absolute atomic E-state index is 0.454. The molecular formula is C32H39NO2. The van der Waals surface area contributed by atoms with Crippen LogP contribution in [0.2, 0.25) is 0 Å². The number of rotatable bonds is 13. The Hall–Kier alpha value is -3.12. The molecule has 0 spiro atoms. The number of aryl methyl sites for hydroxylation is 2. The van der Waals surface area contributed by atoms with Gasteiger partial charge < -0.3 is 5.11 Å². The average molecular weight is 470 g/mol. The molecule has 0 radical (unpaired) electrons. The highest BCUT2D eigenvalue weighted by Crippen LogP contribution is 2.45. The zero-order valence-corrected chi connectivity index (χ0v) is 21.3. The number of benzene rings is 2. The van der Waals surface area contributed by atoms with E-state index in [9.17, 15) is 15.2 Å². The van der Waals surface area contributed by atoms with Crippen LogP contribution in [-0.2, 0) is 23.1 Å². The monoisotopic (exact) mass is 469 g/mol. The molecule has 0 saturated carbocycles. The van der Waals surface area contributed by atoms with E-state index in [0.29, 0.717) is 5.56 Å². The smallest absolute Gasteiger partial charge is 0.318 e. The van der Waals surface area contributed by atoms with Gasteiger partial charge in [0.1, 0.15) is 5.41 Å². The number of nitrogens with zero attached hydrogens (tertiary/aromatic N) is 1. The molecule has 0 saturated heterocycles. The summed E-state index contributed by atoms with van der Waals surface area (Å²) in [5.74, 6) is -1.35. The molecule has 184 valence electrons. The number of carboxylic acid groups (broad SMARTS) is 1. The molecule has 0 aromatic heterocycles. The van der Waals surface area contributed by atoms with Crippen LogP contribution >= 0.6 is 0 Å². The summed E-state index contributed by atoms with van der Waals surface area (Å²) in [7, 11) is 0. The average Bonchev–Trinajstić information content (AvgIpc) is 2.89. The van der Waals surface area contributed by atoms with Crippen LogP contribution in [0.5, 0.6) is 0 Å². The predicted octanol–water partition coefficient (Wildman–Crippen LogP) is 8.04. The molecule has 3 rings (SSSR count). The molecule has 0 fully saturated rings. The molecule has 3 nitrogen and oxygen atoms in total. The SMILES string of the molecule is CCCCCCCc1ccc(C2(C(=O)O)C=CC=CC2c2ccc(CCCCC)cc2C#N)cc1. The molecule has 2 unspecified atom stereocenters. The molecule has 2 aromatic carbocycles. The molecule has 0 heterocycles. The van der Waals surface area contributed by atoms with Gasteiger partial charge in [0.25, 0.3) is 0 Å². The van der Waals surface area contributed by atoms with E-state index in [-0.39, 0.29) is 0 Å². The van der Waals surface area contributed by atoms with Gasteiger partial charge in [0.05, 0.1) is 11.6 Å². The molecule has 0 aliphatic heterocycles. The molecule has 1 N–H and O–H groups in total. The Balaban J connectivity index is 1.90. The highest BCUT2D eigenvalue weighted by Gasteiger charge is 2.46. The number of unbranched alkanes of at least 4 members (excludes halogenated alkanes) is 6. The van der Waals surface area contributed by atoms with Crippen LogP contribution < -0.4 is 0 Å². The Kier molecular flexibility index (Phi) is 9.91. The predicted molar refractivity (Wildman–Crippen MR) is 144 cm³/mol. The summed E-state index contributed by atoms with van der Waals surface area (Å²) in [6.07, 6.45) is 19.0. The number of hydrogen-bond acceptors (Lipinski definition) is 2. The van der Waals surface area contributed by atoms with Gasteiger partial charge in [-0.2, -0.15) is 5.26 Å². The summed E-state index contributed by atoms with van der Waals surface area (Å²) in [5, 5.41) is 20.5. The van der Waals surface area contributed by atoms with Crippen LogP contribution in [0.15, 0.2) is 66.8 Å². The van der Waals surface area contributed by atoms with Gasteiger partial charge in [-0.1, -0.05) is 113 Å². The molecule has 2 atom stereocenters. The minimum Gasteiger partial charge on any atom is -0.480 e. The zero-order valence-electron chi connectivity index (χ0n) is 21.3. The van der Waals surface area contributed by atoms with Crippen LogP contribution in [0.25, 0.3) is 0 Å². The fraction of sp³-hybridized carbons (Fsp3) is 0.438. The summed E-state index contributed by atoms with van der Waals surface area (Å²) in [5.41, 5.74) is 3.23. The van der Waals surface area contributed by atoms with Crippen molar-refractivity contribution < 1.29 is 9.90 Å². The van der Waals surface area contributed by atoms with Crippen LogP contribution in [-0.4, -0.2) is 11.1 Å². The van der Waals surface area contributed by atoms with E-state index in [0.717, 1.165) is 55.2 Å². The molecule has 1 aliphatic rings. The molecule has 0 bridgehead atoms. The van der Waals surface area contributed by atoms with Gasteiger partial charge in [-0.05, 0) is 54.0 Å². The van der Waals surface area contributed by atoms with Gasteiger partial charge in [0.15, 0.2) is 0 Å². The second kappa shape index (κ2) is 13.1. The van der Waals surface area contributed by atoms with Crippen molar-refractivity contribution in [1.29, 1.82) is 5.26 Å². The standard InChI is InChI=1S/C32H39NO2/c1-3-5-7-8-10-13-25-16-19-28(20-17-25)32(31(34)35)22-12-11-15-30(32)29-21-18-26(14-9-6-4-2)23-27(29)24-33/h11-12,15-23,30H,3-10,13-14H2,1-2H3,(H,34,35). The molecule has 35 heavy (non-hydrogen) atoms. The Bertz CT molecular complexity index is 1070. The third-order valence-electron chi connectivity index (χ3n) is 7.26. The van der Waals surface area contributed by atoms with E-state index in [4.69, 9.17) is 0 Å². The topological polar surface area (TPSA) is 61.1 Å². The number of hydrogen-bond donors (Lipinski definition) is 1. The van der Waals surface area contributed by atoms with Crippen LogP contribution in [0.4, 0.5) is 0 Å². The van der Waals surface area contributed by atoms with Crippen LogP contribution in [0.1, 0.15) is 98.9 Å². The zero-order chi connectivity index (χ0) is 25.1. The van der Waals surface area contributed by atoms with Crippen LogP contribution in [0, 0.1) is 11.3 Å². The van der Waals surface area contributed by atoms with Crippen molar-refractivity contribution in [3.05, 3.63) is 94.6 Å². The first kappa shape index (κ1) is 26.5. The Morgan fingerprint density at radius 3 is 2.20 bits per heavy atom. The van der Waals surface area contributed by atoms with E-state index in [1.54, 1.807) is 6.08 Å². The van der Waals surface area contributed by atoms with Crippen LogP contribution in [0.3, 0.4) is 0 Å². The molecule has 0 amide bonds. The van der Waals surface area contributed by atoms with Crippen molar-refractivity contribution in [2.45, 2.75) is 89.4 Å². The first-order chi connectivity index (χ1) is 17.1. The van der Waals surface area contributed by atoms with Crippen molar-refractivity contribution in [2.75, 3.05) is 0 Å². The van der Waals surface area contributed by atoms with Gasteiger partial charge in [-0.25, -0.2) is 0 Å². The van der Waals surface area contributed by atoms with E-state index in [2.05, 4.69) is 38.1 Å². The van der Waals surface area contributed by atoms with Gasteiger partial charge in [0, 0.05) is 5.92 Å². The molecular weight excluding hydrogens is 430 g/mol. The van der Waals surface area contributed by atoms with E-state index in [1.165, 1.54) is 31.2 Å². The summed E-state index contributed by atoms with van der Waals surface area (Å²) in [4.78, 5) is 12.9. The number of nitriles is 1. The lowest BCUT2D eigenvalue weighted by atomic mass is 9.65. The lowest BCUT2D eigenvalue weighted by Crippen LogP contribution is -2.40. The van der Waals surface area contributed by atoms with E-state index < -0.39 is 17.3 Å². The lowest BCUT2D eigenvalue weighted by Gasteiger charge is -2.36. The van der Waals surface area contributed by atoms with Crippen molar-refractivity contribution in [1.82, 2.24) is 0 Å². The van der Waals surface area contributed by atoms with Crippen molar-refractivity contribution >= 4 is 5.97 Å². The number of carboxylic acids is 1. The van der Waals surface area contributed by atoms with Crippen molar-refractivity contribution in [3.8, 4) is 6.07 Å². The highest BCUT2D eigenvalue weighted by molar-refractivity contribution is 5.87. The lowest BCUT2D eigenvalue weighted by molar-refractivity contribution is -0.142. The van der Waals surface area contributed by atoms with E-state index in [1.807, 2.05) is 42.5 Å². The number of carbonyl (C=O) groups is 1. The Labute approximate surface area is 211 Å². The summed E-state index contributed by atoms with van der Waals surface area (Å²) < 4.78 is 0. The third-order valence-corrected chi connectivity index (χ3v) is 7.26. The summed E-state index contributed by atoms with van der Waals surface area (Å²) in [6.45, 7) is 4.40. The van der Waals surface area contributed by atoms with E-state index >= 15 is 0 Å². The summed E-state index contributed by atoms with van der Waals surface area (Å²) in [6, 6.07) is 16.4. The van der Waals surface area contributed by atoms with Gasteiger partial charge in [0.2, 0.25) is 0 Å². The largest absolute Gasteiger partial charge is 0.480 e. The quantitative estimate of drug-likeness (QED) is 0.302. The molecule has 1 aliphatic carbocycles. The third kappa shape index (κ3) is 6.31. The Morgan fingerprint density at radius 1 is 0.886 bits per heavy atom. The first-order valence-corrected chi connectivity index (χ1v) is 13.3. The maximum atomic E-state index is 12.9. The fourth-order valence-corrected chi connectivity index (χ4v) is 5.18.